The number of amides is 2. The van der Waals surface area contributed by atoms with Crippen LogP contribution in [0, 0.1) is 6.92 Å². The van der Waals surface area contributed by atoms with Crippen molar-refractivity contribution in [3.05, 3.63) is 45.8 Å². The van der Waals surface area contributed by atoms with Crippen LogP contribution in [-0.2, 0) is 11.2 Å². The molecule has 1 aliphatic heterocycles. The Morgan fingerprint density at radius 3 is 2.72 bits per heavy atom. The number of anilines is 5. The number of nitrogens with zero attached hydrogens (tertiary/aromatic N) is 5. The summed E-state index contributed by atoms with van der Waals surface area (Å²) in [6, 6.07) is 5.69. The van der Waals surface area contributed by atoms with E-state index in [0.29, 0.717) is 52.5 Å². The van der Waals surface area contributed by atoms with E-state index in [1.165, 1.54) is 11.3 Å². The van der Waals surface area contributed by atoms with Gasteiger partial charge in [0.05, 0.1) is 30.4 Å². The summed E-state index contributed by atoms with van der Waals surface area (Å²) in [6.45, 7) is 2.89. The first-order valence-corrected chi connectivity index (χ1v) is 13.6. The lowest BCUT2D eigenvalue weighted by Gasteiger charge is -2.21. The zero-order chi connectivity index (χ0) is 27.8. The number of aryl methyl sites for hydroxylation is 1. The lowest BCUT2D eigenvalue weighted by molar-refractivity contribution is -0.119. The van der Waals surface area contributed by atoms with E-state index in [1.54, 1.807) is 23.0 Å². The summed E-state index contributed by atoms with van der Waals surface area (Å²) in [5.74, 6) is 1.30. The van der Waals surface area contributed by atoms with Gasteiger partial charge in [-0.2, -0.15) is 9.97 Å². The molecule has 0 saturated carbocycles. The molecule has 1 aliphatic rings. The van der Waals surface area contributed by atoms with E-state index in [-0.39, 0.29) is 11.8 Å². The second-order valence-electron chi connectivity index (χ2n) is 9.46. The predicted octanol–water partition coefficient (Wildman–Crippen LogP) is 3.80. The second kappa shape index (κ2) is 10.8. The maximum Gasteiger partial charge on any atom is 0.263 e. The number of ether oxygens (including phenoxy) is 1. The monoisotopic (exact) mass is 566 g/mol. The van der Waals surface area contributed by atoms with Crippen LogP contribution in [0.2, 0.25) is 0 Å². The van der Waals surface area contributed by atoms with E-state index in [1.807, 2.05) is 55.7 Å². The van der Waals surface area contributed by atoms with Crippen LogP contribution in [-0.4, -0.2) is 72.0 Å². The second-order valence-corrected chi connectivity index (χ2v) is 10.8. The summed E-state index contributed by atoms with van der Waals surface area (Å²) in [4.78, 5) is 39.0. The molecule has 0 radical (unpaired) electrons. The summed E-state index contributed by atoms with van der Waals surface area (Å²) in [5.41, 5.74) is 4.67. The summed E-state index contributed by atoms with van der Waals surface area (Å²) in [6.07, 6.45) is 2.61. The third kappa shape index (κ3) is 5.12. The Morgan fingerprint density at radius 2 is 2.00 bits per heavy atom. The molecule has 204 valence electrons. The molecule has 0 aliphatic carbocycles. The fourth-order valence-electron chi connectivity index (χ4n) is 4.67. The van der Waals surface area contributed by atoms with E-state index in [2.05, 4.69) is 28.8 Å². The van der Waals surface area contributed by atoms with Crippen molar-refractivity contribution < 1.29 is 14.3 Å². The molecule has 2 amide bonds. The van der Waals surface area contributed by atoms with Gasteiger partial charge in [-0.25, -0.2) is 0 Å². The van der Waals surface area contributed by atoms with Gasteiger partial charge >= 0.3 is 0 Å². The van der Waals surface area contributed by atoms with Crippen LogP contribution >= 0.6 is 24.2 Å². The average molecular weight is 567 g/mol. The largest absolute Gasteiger partial charge is 0.495 e. The number of likely N-dealkylation sites (N-methyl/N-ethyl adjacent to an activating group) is 1. The molecule has 39 heavy (non-hydrogen) atoms. The molecule has 13 heteroatoms. The zero-order valence-corrected chi connectivity index (χ0v) is 24.0. The molecule has 0 saturated heterocycles. The highest BCUT2D eigenvalue weighted by Gasteiger charge is 2.27. The zero-order valence-electron chi connectivity index (χ0n) is 22.3. The lowest BCUT2D eigenvalue weighted by Crippen LogP contribution is -2.36. The predicted molar refractivity (Wildman–Crippen MR) is 159 cm³/mol. The average Bonchev–Trinajstić information content (AvgIpc) is 3.60. The summed E-state index contributed by atoms with van der Waals surface area (Å²) >= 11 is 5.90. The van der Waals surface area contributed by atoms with Crippen LogP contribution in [0.1, 0.15) is 20.8 Å². The first kappa shape index (κ1) is 26.8. The van der Waals surface area contributed by atoms with Crippen molar-refractivity contribution in [1.82, 2.24) is 24.2 Å². The van der Waals surface area contributed by atoms with E-state index < -0.39 is 0 Å². The Bertz CT molecular complexity index is 1580. The van der Waals surface area contributed by atoms with Gasteiger partial charge in [0.1, 0.15) is 16.4 Å². The van der Waals surface area contributed by atoms with E-state index in [9.17, 15) is 9.59 Å². The Labute approximate surface area is 235 Å². The number of carbonyl (C=O) groups is 2. The molecule has 0 spiro atoms. The van der Waals surface area contributed by atoms with Crippen molar-refractivity contribution >= 4 is 75.8 Å². The van der Waals surface area contributed by atoms with Crippen LogP contribution < -0.4 is 25.6 Å². The molecule has 0 atom stereocenters. The molecule has 4 aromatic rings. The number of carbonyl (C=O) groups excluding carboxylic acids is 2. The number of rotatable bonds is 8. The van der Waals surface area contributed by atoms with Crippen LogP contribution in [0.4, 0.5) is 28.8 Å². The third-order valence-corrected chi connectivity index (χ3v) is 7.68. The van der Waals surface area contributed by atoms with Gasteiger partial charge in [-0.3, -0.25) is 13.6 Å². The standard InChI is InChI=1S/C26H30N8O3S2/c1-14-12-34(38)24-21(14)23(28-16-7-9-39-22(16)25(36)27-2)30-26(31-24)29-17-11-18-15(10-19(17)37-5)6-8-33(18)20(35)13-32(3)4/h7,9-12,38H,6,8,13H2,1-5H3,(H,27,36)(H2,28,29,30,31). The van der Waals surface area contributed by atoms with Crippen LogP contribution in [0.15, 0.2) is 29.8 Å². The highest BCUT2D eigenvalue weighted by molar-refractivity contribution is 7.78. The smallest absolute Gasteiger partial charge is 0.263 e. The van der Waals surface area contributed by atoms with Gasteiger partial charge in [0.25, 0.3) is 5.91 Å². The summed E-state index contributed by atoms with van der Waals surface area (Å²) < 4.78 is 7.32. The number of fused-ring (bicyclic) bond motifs is 2. The van der Waals surface area contributed by atoms with Crippen molar-refractivity contribution in [2.24, 2.45) is 0 Å². The molecular formula is C26H30N8O3S2. The van der Waals surface area contributed by atoms with Gasteiger partial charge in [0, 0.05) is 25.5 Å². The van der Waals surface area contributed by atoms with Gasteiger partial charge in [0.15, 0.2) is 5.65 Å². The Balaban J connectivity index is 1.55. The highest BCUT2D eigenvalue weighted by atomic mass is 32.1. The fourth-order valence-corrected chi connectivity index (χ4v) is 5.79. The maximum absolute atomic E-state index is 12.9. The molecule has 5 rings (SSSR count). The normalized spacial score (nSPS) is 12.6. The van der Waals surface area contributed by atoms with Crippen molar-refractivity contribution in [2.45, 2.75) is 13.3 Å². The van der Waals surface area contributed by atoms with Crippen molar-refractivity contribution in [3.8, 4) is 5.75 Å². The van der Waals surface area contributed by atoms with Crippen molar-refractivity contribution in [3.63, 3.8) is 0 Å². The molecule has 0 unspecified atom stereocenters. The minimum Gasteiger partial charge on any atom is -0.495 e. The minimum atomic E-state index is -0.184. The van der Waals surface area contributed by atoms with Crippen LogP contribution in [0.3, 0.4) is 0 Å². The Hall–Kier alpha value is -3.81. The minimum absolute atomic E-state index is 0.0325. The number of methoxy groups -OCH3 is 1. The first-order chi connectivity index (χ1) is 18.7. The van der Waals surface area contributed by atoms with E-state index in [0.717, 1.165) is 28.6 Å². The Kier molecular flexibility index (Phi) is 7.38. The van der Waals surface area contributed by atoms with Crippen LogP contribution in [0.25, 0.3) is 11.0 Å². The number of benzene rings is 1. The number of hydrogen-bond acceptors (Lipinski definition) is 10. The van der Waals surface area contributed by atoms with Gasteiger partial charge in [-0.1, -0.05) is 12.8 Å². The Morgan fingerprint density at radius 1 is 1.21 bits per heavy atom. The third-order valence-electron chi connectivity index (χ3n) is 6.46. The molecule has 3 aromatic heterocycles. The van der Waals surface area contributed by atoms with E-state index in [4.69, 9.17) is 14.7 Å². The number of thiol groups is 1. The molecule has 11 nitrogen and oxygen atoms in total. The van der Waals surface area contributed by atoms with Gasteiger partial charge in [0.2, 0.25) is 11.9 Å². The van der Waals surface area contributed by atoms with Gasteiger partial charge < -0.3 is 30.5 Å². The van der Waals surface area contributed by atoms with Gasteiger partial charge in [-0.05, 0) is 62.1 Å². The van der Waals surface area contributed by atoms with E-state index >= 15 is 0 Å². The van der Waals surface area contributed by atoms with Crippen LogP contribution in [0.5, 0.6) is 5.75 Å². The first-order valence-electron chi connectivity index (χ1n) is 12.3. The maximum atomic E-state index is 12.9. The number of thiophene rings is 1. The molecule has 0 bridgehead atoms. The lowest BCUT2D eigenvalue weighted by atomic mass is 10.1. The molecule has 4 heterocycles. The molecule has 1 aromatic carbocycles. The van der Waals surface area contributed by atoms with Crippen molar-refractivity contribution in [1.29, 1.82) is 0 Å². The summed E-state index contributed by atoms with van der Waals surface area (Å²) in [7, 11) is 6.96. The molecule has 3 N–H and O–H groups in total. The van der Waals surface area contributed by atoms with Crippen molar-refractivity contribution in [2.75, 3.05) is 56.9 Å². The fraction of sp³-hybridized carbons (Fsp3) is 0.308. The SMILES string of the molecule is CNC(=O)c1sccc1Nc1nc(Nc2cc3c(cc2OC)CCN3C(=O)CN(C)C)nc2c1c(C)cn2S. The quantitative estimate of drug-likeness (QED) is 0.238. The van der Waals surface area contributed by atoms with Gasteiger partial charge in [-0.15, -0.1) is 11.3 Å². The molecular weight excluding hydrogens is 536 g/mol. The number of aromatic nitrogens is 3. The molecule has 0 fully saturated rings. The number of nitrogens with one attached hydrogen (secondary N) is 3. The topological polar surface area (TPSA) is 117 Å². The number of hydrogen-bond donors (Lipinski definition) is 4. The summed E-state index contributed by atoms with van der Waals surface area (Å²) in [5, 5.41) is 11.9. The highest BCUT2D eigenvalue weighted by Crippen LogP contribution is 2.39.